The van der Waals surface area contributed by atoms with Gasteiger partial charge in [-0.3, -0.25) is 10.1 Å². The van der Waals surface area contributed by atoms with Gasteiger partial charge in [-0.1, -0.05) is 0 Å². The zero-order chi connectivity index (χ0) is 13.2. The average Bonchev–Trinajstić information content (AvgIpc) is 2.99. The van der Waals surface area contributed by atoms with Gasteiger partial charge in [-0.2, -0.15) is 11.8 Å². The Labute approximate surface area is 122 Å². The third-order valence-electron chi connectivity index (χ3n) is 3.91. The molecule has 5 heteroatoms. The van der Waals surface area contributed by atoms with E-state index in [4.69, 9.17) is 0 Å². The fraction of sp³-hybridized carbons (Fsp3) is 0.643. The van der Waals surface area contributed by atoms with Crippen LogP contribution in [0.5, 0.6) is 0 Å². The third-order valence-corrected chi connectivity index (χ3v) is 6.01. The molecule has 3 heterocycles. The molecule has 3 nitrogen and oxygen atoms in total. The average molecular weight is 296 g/mol. The monoisotopic (exact) mass is 296 g/mol. The van der Waals surface area contributed by atoms with E-state index in [0.29, 0.717) is 12.5 Å². The molecule has 19 heavy (non-hydrogen) atoms. The second kappa shape index (κ2) is 5.85. The van der Waals surface area contributed by atoms with E-state index >= 15 is 0 Å². The maximum atomic E-state index is 12.1. The van der Waals surface area contributed by atoms with Crippen LogP contribution in [0.3, 0.4) is 0 Å². The van der Waals surface area contributed by atoms with Gasteiger partial charge in [0.15, 0.2) is 0 Å². The van der Waals surface area contributed by atoms with E-state index in [1.165, 1.54) is 34.1 Å². The van der Waals surface area contributed by atoms with Crippen molar-refractivity contribution in [2.45, 2.75) is 25.9 Å². The summed E-state index contributed by atoms with van der Waals surface area (Å²) in [6.45, 7) is 3.53. The minimum atomic E-state index is 0.112. The maximum absolute atomic E-state index is 12.1. The number of nitrogens with one attached hydrogen (secondary N) is 1. The molecular weight excluding hydrogens is 276 g/mol. The molecule has 2 fully saturated rings. The first-order chi connectivity index (χ1) is 9.24. The Kier molecular flexibility index (Phi) is 4.15. The van der Waals surface area contributed by atoms with Crippen LogP contribution < -0.4 is 5.32 Å². The van der Waals surface area contributed by atoms with E-state index in [0.717, 1.165) is 6.54 Å². The summed E-state index contributed by atoms with van der Waals surface area (Å²) in [4.78, 5) is 16.7. The number of thiophene rings is 1. The van der Waals surface area contributed by atoms with E-state index in [1.807, 2.05) is 11.8 Å². The highest BCUT2D eigenvalue weighted by atomic mass is 32.2. The van der Waals surface area contributed by atoms with Gasteiger partial charge in [0.05, 0.1) is 6.54 Å². The summed E-state index contributed by atoms with van der Waals surface area (Å²) in [6.07, 6.45) is 2.62. The van der Waals surface area contributed by atoms with Crippen LogP contribution in [0, 0.1) is 12.8 Å². The van der Waals surface area contributed by atoms with Gasteiger partial charge >= 0.3 is 0 Å². The largest absolute Gasteiger partial charge is 0.321 e. The topological polar surface area (TPSA) is 32.3 Å². The first kappa shape index (κ1) is 13.5. The second-order valence-electron chi connectivity index (χ2n) is 5.33. The molecule has 104 valence electrons. The van der Waals surface area contributed by atoms with Gasteiger partial charge in [-0.05, 0) is 49.3 Å². The molecule has 0 saturated carbocycles. The Morgan fingerprint density at radius 3 is 2.84 bits per heavy atom. The van der Waals surface area contributed by atoms with Crippen molar-refractivity contribution < 1.29 is 4.79 Å². The van der Waals surface area contributed by atoms with Gasteiger partial charge in [0.25, 0.3) is 0 Å². The number of carbonyl (C=O) groups excluding carboxylic acids is 1. The summed E-state index contributed by atoms with van der Waals surface area (Å²) in [5.74, 6) is 3.45. The molecule has 0 radical (unpaired) electrons. The molecule has 2 aliphatic heterocycles. The van der Waals surface area contributed by atoms with Gasteiger partial charge in [-0.15, -0.1) is 11.3 Å². The van der Waals surface area contributed by atoms with Crippen LogP contribution in [0.1, 0.15) is 28.8 Å². The Hall–Kier alpha value is -0.520. The molecule has 0 bridgehead atoms. The molecule has 2 aliphatic rings. The first-order valence-electron chi connectivity index (χ1n) is 6.91. The molecule has 0 aromatic carbocycles. The summed E-state index contributed by atoms with van der Waals surface area (Å²) in [6, 6.07) is 4.29. The van der Waals surface area contributed by atoms with E-state index in [1.54, 1.807) is 11.3 Å². The lowest BCUT2D eigenvalue weighted by molar-refractivity contribution is -0.128. The van der Waals surface area contributed by atoms with E-state index in [-0.39, 0.29) is 12.1 Å². The number of amides is 1. The number of nitrogens with zero attached hydrogens (tertiary/aromatic N) is 1. The highest BCUT2D eigenvalue weighted by Gasteiger charge is 2.34. The highest BCUT2D eigenvalue weighted by molar-refractivity contribution is 7.99. The van der Waals surface area contributed by atoms with Crippen molar-refractivity contribution in [2.75, 3.05) is 24.6 Å². The molecule has 1 atom stereocenters. The molecule has 0 aliphatic carbocycles. The molecule has 2 saturated heterocycles. The summed E-state index contributed by atoms with van der Waals surface area (Å²) in [7, 11) is 0. The normalized spacial score (nSPS) is 25.2. The van der Waals surface area contributed by atoms with Crippen LogP contribution in [0.25, 0.3) is 0 Å². The lowest BCUT2D eigenvalue weighted by atomic mass is 10.0. The number of aryl methyl sites for hydroxylation is 1. The van der Waals surface area contributed by atoms with E-state index in [2.05, 4.69) is 29.3 Å². The van der Waals surface area contributed by atoms with E-state index in [9.17, 15) is 4.79 Å². The Morgan fingerprint density at radius 1 is 1.37 bits per heavy atom. The molecule has 1 aromatic heterocycles. The van der Waals surface area contributed by atoms with Crippen LogP contribution >= 0.6 is 23.1 Å². The molecule has 3 rings (SSSR count). The van der Waals surface area contributed by atoms with Crippen LogP contribution in [0.2, 0.25) is 0 Å². The van der Waals surface area contributed by atoms with Gasteiger partial charge in [-0.25, -0.2) is 0 Å². The van der Waals surface area contributed by atoms with Gasteiger partial charge < -0.3 is 4.90 Å². The van der Waals surface area contributed by atoms with Gasteiger partial charge in [0.2, 0.25) is 5.91 Å². The third kappa shape index (κ3) is 2.98. The van der Waals surface area contributed by atoms with Crippen molar-refractivity contribution in [3.63, 3.8) is 0 Å². The molecule has 1 aromatic rings. The summed E-state index contributed by atoms with van der Waals surface area (Å²) < 4.78 is 0. The van der Waals surface area contributed by atoms with E-state index < -0.39 is 0 Å². The first-order valence-corrected chi connectivity index (χ1v) is 8.88. The highest BCUT2D eigenvalue weighted by Crippen LogP contribution is 2.31. The van der Waals surface area contributed by atoms with Crippen molar-refractivity contribution in [1.82, 2.24) is 10.2 Å². The predicted octanol–water partition coefficient (Wildman–Crippen LogP) is 2.63. The van der Waals surface area contributed by atoms with Crippen LogP contribution in [-0.2, 0) is 4.79 Å². The smallest absolute Gasteiger partial charge is 0.238 e. The number of thioether (sulfide) groups is 1. The maximum Gasteiger partial charge on any atom is 0.238 e. The summed E-state index contributed by atoms with van der Waals surface area (Å²) in [5.41, 5.74) is 0. The SMILES string of the molecule is Cc1ccc(C2NCC(=O)N2CC2CCSCC2)s1. The molecular formula is C14H20N2OS2. The molecule has 0 spiro atoms. The van der Waals surface area contributed by atoms with Crippen molar-refractivity contribution in [1.29, 1.82) is 0 Å². The number of hydrogen-bond acceptors (Lipinski definition) is 4. The number of carbonyl (C=O) groups is 1. The summed E-state index contributed by atoms with van der Waals surface area (Å²) in [5, 5.41) is 3.36. The molecule has 1 amide bonds. The van der Waals surface area contributed by atoms with Crippen molar-refractivity contribution in [2.24, 2.45) is 5.92 Å². The van der Waals surface area contributed by atoms with Crippen LogP contribution in [-0.4, -0.2) is 35.4 Å². The predicted molar refractivity (Wildman–Crippen MR) is 81.6 cm³/mol. The molecule has 1 unspecified atom stereocenters. The van der Waals surface area contributed by atoms with Gasteiger partial charge in [0, 0.05) is 16.3 Å². The van der Waals surface area contributed by atoms with Crippen molar-refractivity contribution >= 4 is 29.0 Å². The minimum absolute atomic E-state index is 0.112. The number of hydrogen-bond donors (Lipinski definition) is 1. The lowest BCUT2D eigenvalue weighted by Gasteiger charge is -2.30. The summed E-state index contributed by atoms with van der Waals surface area (Å²) >= 11 is 3.83. The van der Waals surface area contributed by atoms with Crippen LogP contribution in [0.4, 0.5) is 0 Å². The molecule has 1 N–H and O–H groups in total. The van der Waals surface area contributed by atoms with Crippen molar-refractivity contribution in [3.8, 4) is 0 Å². The zero-order valence-corrected chi connectivity index (χ0v) is 12.9. The van der Waals surface area contributed by atoms with Gasteiger partial charge in [0.1, 0.15) is 6.17 Å². The zero-order valence-electron chi connectivity index (χ0n) is 11.2. The lowest BCUT2D eigenvalue weighted by Crippen LogP contribution is -2.35. The Morgan fingerprint density at radius 2 is 2.16 bits per heavy atom. The second-order valence-corrected chi connectivity index (χ2v) is 7.88. The Balaban J connectivity index is 1.71. The minimum Gasteiger partial charge on any atom is -0.321 e. The standard InChI is InChI=1S/C14H20N2OS2/c1-10-2-3-12(19-10)14-15-8-13(17)16(14)9-11-4-6-18-7-5-11/h2-3,11,14-15H,4-9H2,1H3. The fourth-order valence-electron chi connectivity index (χ4n) is 2.81. The van der Waals surface area contributed by atoms with Crippen molar-refractivity contribution in [3.05, 3.63) is 21.9 Å². The number of rotatable bonds is 3. The van der Waals surface area contributed by atoms with Crippen LogP contribution in [0.15, 0.2) is 12.1 Å². The Bertz CT molecular complexity index is 454. The quantitative estimate of drug-likeness (QED) is 0.930. The fourth-order valence-corrected chi connectivity index (χ4v) is 4.98.